The van der Waals surface area contributed by atoms with E-state index in [-0.39, 0.29) is 6.10 Å². The summed E-state index contributed by atoms with van der Waals surface area (Å²) in [5, 5.41) is 9.89. The fourth-order valence-electron chi connectivity index (χ4n) is 1.82. The molecule has 1 atom stereocenters. The van der Waals surface area contributed by atoms with E-state index in [4.69, 9.17) is 4.74 Å². The molecule has 0 saturated heterocycles. The molecular weight excluding hydrogens is 200 g/mol. The van der Waals surface area contributed by atoms with Crippen molar-refractivity contribution < 1.29 is 9.84 Å². The van der Waals surface area contributed by atoms with Crippen LogP contribution >= 0.6 is 0 Å². The molecule has 1 N–H and O–H groups in total. The monoisotopic (exact) mass is 222 g/mol. The van der Waals surface area contributed by atoms with Crippen molar-refractivity contribution in [3.63, 3.8) is 0 Å². The number of benzene rings is 1. The van der Waals surface area contributed by atoms with Crippen LogP contribution in [0.2, 0.25) is 0 Å². The van der Waals surface area contributed by atoms with Gasteiger partial charge in [0.1, 0.15) is 0 Å². The van der Waals surface area contributed by atoms with Crippen molar-refractivity contribution in [3.8, 4) is 0 Å². The van der Waals surface area contributed by atoms with Crippen LogP contribution in [0.3, 0.4) is 0 Å². The van der Waals surface area contributed by atoms with Crippen molar-refractivity contribution in [1.82, 2.24) is 0 Å². The van der Waals surface area contributed by atoms with Crippen molar-refractivity contribution in [2.24, 2.45) is 0 Å². The molecule has 1 unspecified atom stereocenters. The van der Waals surface area contributed by atoms with Crippen molar-refractivity contribution in [3.05, 3.63) is 35.4 Å². The van der Waals surface area contributed by atoms with Gasteiger partial charge in [0.05, 0.1) is 6.10 Å². The average Bonchev–Trinajstić information content (AvgIpc) is 2.30. The molecule has 2 heteroatoms. The first-order chi connectivity index (χ1) is 7.77. The first-order valence-corrected chi connectivity index (χ1v) is 6.03. The van der Waals surface area contributed by atoms with Gasteiger partial charge in [-0.3, -0.25) is 0 Å². The first-order valence-electron chi connectivity index (χ1n) is 6.03. The Hall–Kier alpha value is -0.860. The number of methoxy groups -OCH3 is 1. The van der Waals surface area contributed by atoms with Crippen LogP contribution in [0.5, 0.6) is 0 Å². The normalized spacial score (nSPS) is 12.7. The number of ether oxygens (including phenoxy) is 1. The molecular formula is C14H22O2. The molecule has 1 aromatic rings. The first kappa shape index (κ1) is 13.2. The Bertz CT molecular complexity index is 297. The van der Waals surface area contributed by atoms with E-state index < -0.39 is 0 Å². The molecule has 0 aromatic heterocycles. The number of aryl methyl sites for hydroxylation is 1. The van der Waals surface area contributed by atoms with E-state index in [9.17, 15) is 5.11 Å². The molecule has 0 radical (unpaired) electrons. The molecule has 0 heterocycles. The average molecular weight is 222 g/mol. The predicted molar refractivity (Wildman–Crippen MR) is 66.5 cm³/mol. The Kier molecular flexibility index (Phi) is 6.12. The number of rotatable bonds is 7. The quantitative estimate of drug-likeness (QED) is 0.718. The third kappa shape index (κ3) is 4.33. The molecule has 90 valence electrons. The minimum Gasteiger partial charge on any atom is -0.388 e. The highest BCUT2D eigenvalue weighted by Crippen LogP contribution is 2.19. The molecule has 0 spiro atoms. The van der Waals surface area contributed by atoms with E-state index in [0.29, 0.717) is 0 Å². The molecule has 0 amide bonds. The molecule has 1 rings (SSSR count). The Labute approximate surface area is 98.3 Å². The number of aliphatic hydroxyl groups excluding tert-OH is 1. The zero-order valence-corrected chi connectivity index (χ0v) is 10.3. The molecule has 1 aromatic carbocycles. The highest BCUT2D eigenvalue weighted by atomic mass is 16.5. The van der Waals surface area contributed by atoms with Gasteiger partial charge in [0.15, 0.2) is 0 Å². The number of hydrogen-bond donors (Lipinski definition) is 1. The van der Waals surface area contributed by atoms with Gasteiger partial charge in [-0.2, -0.15) is 0 Å². The molecule has 0 aliphatic heterocycles. The van der Waals surface area contributed by atoms with Gasteiger partial charge in [0, 0.05) is 13.7 Å². The maximum Gasteiger partial charge on any atom is 0.0790 e. The topological polar surface area (TPSA) is 29.5 Å². The van der Waals surface area contributed by atoms with Gasteiger partial charge in [0.25, 0.3) is 0 Å². The van der Waals surface area contributed by atoms with Crippen molar-refractivity contribution in [2.45, 2.75) is 38.7 Å². The second-order valence-electron chi connectivity index (χ2n) is 4.15. The lowest BCUT2D eigenvalue weighted by molar-refractivity contribution is 0.166. The smallest absolute Gasteiger partial charge is 0.0790 e. The molecule has 0 aliphatic rings. The van der Waals surface area contributed by atoms with E-state index in [1.54, 1.807) is 7.11 Å². The maximum atomic E-state index is 9.89. The Morgan fingerprint density at radius 1 is 1.38 bits per heavy atom. The molecule has 0 fully saturated rings. The Morgan fingerprint density at radius 3 is 2.88 bits per heavy atom. The van der Waals surface area contributed by atoms with Crippen LogP contribution in [0.1, 0.15) is 43.4 Å². The number of hydrogen-bond acceptors (Lipinski definition) is 2. The maximum absolute atomic E-state index is 9.89. The summed E-state index contributed by atoms with van der Waals surface area (Å²) in [4.78, 5) is 0. The zero-order chi connectivity index (χ0) is 11.8. The lowest BCUT2D eigenvalue weighted by Gasteiger charge is -2.11. The van der Waals surface area contributed by atoms with Crippen LogP contribution < -0.4 is 0 Å². The molecule has 0 saturated carbocycles. The van der Waals surface area contributed by atoms with Crippen LogP contribution in [0.4, 0.5) is 0 Å². The van der Waals surface area contributed by atoms with E-state index >= 15 is 0 Å². The van der Waals surface area contributed by atoms with Crippen LogP contribution in [0.15, 0.2) is 24.3 Å². The second-order valence-corrected chi connectivity index (χ2v) is 4.15. The second kappa shape index (κ2) is 7.42. The van der Waals surface area contributed by atoms with E-state index in [1.165, 1.54) is 5.56 Å². The summed E-state index contributed by atoms with van der Waals surface area (Å²) < 4.78 is 5.03. The van der Waals surface area contributed by atoms with Crippen LogP contribution in [0, 0.1) is 0 Å². The summed E-state index contributed by atoms with van der Waals surface area (Å²) in [6, 6.07) is 8.24. The fraction of sp³-hybridized carbons (Fsp3) is 0.571. The van der Waals surface area contributed by atoms with E-state index in [1.807, 2.05) is 12.1 Å². The van der Waals surface area contributed by atoms with Gasteiger partial charge < -0.3 is 9.84 Å². The van der Waals surface area contributed by atoms with Crippen LogP contribution in [-0.4, -0.2) is 18.8 Å². The summed E-state index contributed by atoms with van der Waals surface area (Å²) in [5.41, 5.74) is 2.32. The largest absolute Gasteiger partial charge is 0.388 e. The Balaban J connectivity index is 2.56. The summed E-state index contributed by atoms with van der Waals surface area (Å²) >= 11 is 0. The van der Waals surface area contributed by atoms with Gasteiger partial charge in [-0.15, -0.1) is 0 Å². The Morgan fingerprint density at radius 2 is 2.19 bits per heavy atom. The summed E-state index contributed by atoms with van der Waals surface area (Å²) in [5.74, 6) is 0. The van der Waals surface area contributed by atoms with Gasteiger partial charge in [0.2, 0.25) is 0 Å². The minimum absolute atomic E-state index is 0.313. The summed E-state index contributed by atoms with van der Waals surface area (Å²) in [6.07, 6.45) is 3.58. The summed E-state index contributed by atoms with van der Waals surface area (Å²) in [6.45, 7) is 2.88. The third-order valence-electron chi connectivity index (χ3n) is 2.71. The van der Waals surface area contributed by atoms with Crippen molar-refractivity contribution in [1.29, 1.82) is 0 Å². The van der Waals surface area contributed by atoms with E-state index in [0.717, 1.165) is 37.9 Å². The van der Waals surface area contributed by atoms with Gasteiger partial charge in [-0.1, -0.05) is 37.6 Å². The lowest BCUT2D eigenvalue weighted by atomic mass is 10.0. The van der Waals surface area contributed by atoms with Crippen LogP contribution in [0.25, 0.3) is 0 Å². The highest BCUT2D eigenvalue weighted by Gasteiger charge is 2.06. The molecule has 0 bridgehead atoms. The summed E-state index contributed by atoms with van der Waals surface area (Å²) in [7, 11) is 1.72. The molecule has 0 aliphatic carbocycles. The number of aliphatic hydroxyl groups is 1. The van der Waals surface area contributed by atoms with Crippen molar-refractivity contribution in [2.75, 3.05) is 13.7 Å². The SMILES string of the molecule is CCCC(O)c1cccc(CCCOC)c1. The molecule has 16 heavy (non-hydrogen) atoms. The van der Waals surface area contributed by atoms with E-state index in [2.05, 4.69) is 19.1 Å². The predicted octanol–water partition coefficient (Wildman–Crippen LogP) is 3.10. The minimum atomic E-state index is -0.313. The van der Waals surface area contributed by atoms with Crippen LogP contribution in [-0.2, 0) is 11.2 Å². The standard InChI is InChI=1S/C14H22O2/c1-3-6-14(15)13-9-4-7-12(11-13)8-5-10-16-2/h4,7,9,11,14-15H,3,5-6,8,10H2,1-2H3. The lowest BCUT2D eigenvalue weighted by Crippen LogP contribution is -1.98. The van der Waals surface area contributed by atoms with Gasteiger partial charge in [-0.05, 0) is 30.4 Å². The van der Waals surface area contributed by atoms with Crippen molar-refractivity contribution >= 4 is 0 Å². The zero-order valence-electron chi connectivity index (χ0n) is 10.3. The van der Waals surface area contributed by atoms with Gasteiger partial charge in [-0.25, -0.2) is 0 Å². The highest BCUT2D eigenvalue weighted by molar-refractivity contribution is 5.25. The fourth-order valence-corrected chi connectivity index (χ4v) is 1.82. The van der Waals surface area contributed by atoms with Gasteiger partial charge >= 0.3 is 0 Å². The third-order valence-corrected chi connectivity index (χ3v) is 2.71. The molecule has 2 nitrogen and oxygen atoms in total.